The van der Waals surface area contributed by atoms with Crippen LogP contribution in [0.2, 0.25) is 0 Å². The van der Waals surface area contributed by atoms with Gasteiger partial charge in [-0.15, -0.1) is 0 Å². The van der Waals surface area contributed by atoms with Crippen LogP contribution >= 0.6 is 7.26 Å². The Hall–Kier alpha value is -0.700. The van der Waals surface area contributed by atoms with Crippen LogP contribution in [0.5, 0.6) is 0 Å². The Kier molecular flexibility index (Phi) is 5.72. The molecule has 0 aliphatic carbocycles. The van der Waals surface area contributed by atoms with Crippen molar-refractivity contribution < 1.29 is 13.0 Å². The van der Waals surface area contributed by atoms with Crippen LogP contribution in [0.3, 0.4) is 0 Å². The molecule has 1 rings (SSSR count). The van der Waals surface area contributed by atoms with E-state index in [0.717, 1.165) is 17.9 Å². The largest absolute Gasteiger partial charge is 0.286 e. The van der Waals surface area contributed by atoms with Crippen molar-refractivity contribution in [2.45, 2.75) is 12.6 Å². The summed E-state index contributed by atoms with van der Waals surface area (Å²) in [7, 11) is -5.00. The average molecular weight is 301 g/mol. The first-order valence-corrected chi connectivity index (χ1v) is 10.9. The highest BCUT2D eigenvalue weighted by molar-refractivity contribution is 7.85. The minimum absolute atomic E-state index is 0.133. The summed E-state index contributed by atoms with van der Waals surface area (Å²) in [6.45, 7) is 8.17. The van der Waals surface area contributed by atoms with Gasteiger partial charge in [-0.05, 0) is 17.5 Å². The average Bonchev–Trinajstić information content (AvgIpc) is 2.27. The molecule has 0 spiro atoms. The van der Waals surface area contributed by atoms with Gasteiger partial charge in [0.2, 0.25) is 0 Å². The molecule has 5 heteroatoms. The molecule has 0 fully saturated rings. The van der Waals surface area contributed by atoms with Crippen molar-refractivity contribution >= 4 is 23.5 Å². The van der Waals surface area contributed by atoms with Gasteiger partial charge in [0.15, 0.2) is 0 Å². The zero-order chi connectivity index (χ0) is 14.5. The quantitative estimate of drug-likeness (QED) is 0.620. The fourth-order valence-corrected chi connectivity index (χ4v) is 5.10. The third kappa shape index (κ3) is 6.86. The molecule has 0 heterocycles. The molecule has 0 radical (unpaired) electrons. The van der Waals surface area contributed by atoms with E-state index >= 15 is 0 Å². The molecule has 1 aromatic rings. The van der Waals surface area contributed by atoms with E-state index in [-0.39, 0.29) is 5.75 Å². The third-order valence-corrected chi connectivity index (χ3v) is 6.54. The minimum Gasteiger partial charge on any atom is -0.286 e. The van der Waals surface area contributed by atoms with E-state index in [1.165, 1.54) is 5.56 Å². The molecule has 0 saturated heterocycles. The molecular weight excluding hydrogens is 279 g/mol. The van der Waals surface area contributed by atoms with Crippen molar-refractivity contribution in [3.05, 3.63) is 42.0 Å². The molecule has 3 nitrogen and oxygen atoms in total. The van der Waals surface area contributed by atoms with Crippen LogP contribution in [0.15, 0.2) is 30.8 Å². The van der Waals surface area contributed by atoms with Gasteiger partial charge in [-0.2, -0.15) is 8.42 Å². The van der Waals surface area contributed by atoms with Crippen LogP contribution in [-0.2, 0) is 16.3 Å². The van der Waals surface area contributed by atoms with Crippen molar-refractivity contribution in [3.8, 4) is 0 Å². The summed E-state index contributed by atoms with van der Waals surface area (Å²) in [5.41, 5.74) is 2.38. The predicted molar refractivity (Wildman–Crippen MR) is 84.9 cm³/mol. The van der Waals surface area contributed by atoms with E-state index in [4.69, 9.17) is 4.55 Å². The summed E-state index contributed by atoms with van der Waals surface area (Å²) in [5, 5.41) is 0. The Morgan fingerprint density at radius 2 is 1.84 bits per heavy atom. The first-order valence-electron chi connectivity index (χ1n) is 6.20. The molecule has 1 aromatic carbocycles. The van der Waals surface area contributed by atoms with Crippen molar-refractivity contribution in [2.24, 2.45) is 0 Å². The Bertz CT molecular complexity index is 518. The molecule has 19 heavy (non-hydrogen) atoms. The smallest absolute Gasteiger partial charge is 0.264 e. The molecule has 0 unspecified atom stereocenters. The molecule has 0 aliphatic rings. The fourth-order valence-electron chi connectivity index (χ4n) is 2.01. The highest BCUT2D eigenvalue weighted by Crippen LogP contribution is 2.54. The van der Waals surface area contributed by atoms with Gasteiger partial charge in [0, 0.05) is 20.6 Å². The number of hydrogen-bond acceptors (Lipinski definition) is 2. The SMILES string of the molecule is C=Cc1ccc(C[P+](C)(C)CCCS(=O)(=O)O)cc1. The lowest BCUT2D eigenvalue weighted by Crippen LogP contribution is -2.08. The van der Waals surface area contributed by atoms with E-state index in [1.807, 2.05) is 18.2 Å². The van der Waals surface area contributed by atoms with Gasteiger partial charge in [-0.3, -0.25) is 4.55 Å². The van der Waals surface area contributed by atoms with Crippen molar-refractivity contribution in [2.75, 3.05) is 25.2 Å². The summed E-state index contributed by atoms with van der Waals surface area (Å²) in [6.07, 6.45) is 4.21. The van der Waals surface area contributed by atoms with Crippen molar-refractivity contribution in [1.29, 1.82) is 0 Å². The van der Waals surface area contributed by atoms with Gasteiger partial charge in [0.1, 0.15) is 0 Å². The Balaban J connectivity index is 2.55. The maximum Gasteiger partial charge on any atom is 0.264 e. The molecule has 0 atom stereocenters. The molecular formula is C14H22O3PS+. The van der Waals surface area contributed by atoms with E-state index in [1.54, 1.807) is 0 Å². The van der Waals surface area contributed by atoms with Gasteiger partial charge in [0.05, 0.1) is 18.1 Å². The second kappa shape index (κ2) is 6.65. The van der Waals surface area contributed by atoms with E-state index in [0.29, 0.717) is 6.42 Å². The minimum atomic E-state index is -3.82. The second-order valence-electron chi connectivity index (χ2n) is 5.40. The van der Waals surface area contributed by atoms with E-state index < -0.39 is 17.4 Å². The fraction of sp³-hybridized carbons (Fsp3) is 0.429. The zero-order valence-corrected chi connectivity index (χ0v) is 13.3. The lowest BCUT2D eigenvalue weighted by Gasteiger charge is -2.18. The molecule has 106 valence electrons. The van der Waals surface area contributed by atoms with Crippen LogP contribution in [0.1, 0.15) is 17.5 Å². The number of hydrogen-bond donors (Lipinski definition) is 1. The zero-order valence-electron chi connectivity index (χ0n) is 11.5. The van der Waals surface area contributed by atoms with Crippen LogP contribution in [0.4, 0.5) is 0 Å². The standard InChI is InChI=1S/C14H21O3PS/c1-4-13-6-8-14(9-7-13)12-18(2,3)10-5-11-19(15,16)17/h4,6-9H,1,5,10-12H2,2-3H3/p+1. The third-order valence-electron chi connectivity index (χ3n) is 2.99. The van der Waals surface area contributed by atoms with E-state index in [9.17, 15) is 8.42 Å². The lowest BCUT2D eigenvalue weighted by atomic mass is 10.1. The van der Waals surface area contributed by atoms with Gasteiger partial charge in [0.25, 0.3) is 10.1 Å². The number of benzene rings is 1. The molecule has 0 aliphatic heterocycles. The van der Waals surface area contributed by atoms with Crippen LogP contribution in [0, 0.1) is 0 Å². The summed E-state index contributed by atoms with van der Waals surface area (Å²) in [6, 6.07) is 8.28. The maximum absolute atomic E-state index is 10.7. The molecule has 0 aromatic heterocycles. The van der Waals surface area contributed by atoms with Gasteiger partial charge >= 0.3 is 0 Å². The molecule has 1 N–H and O–H groups in total. The monoisotopic (exact) mass is 301 g/mol. The number of rotatable bonds is 7. The molecule has 0 amide bonds. The summed E-state index contributed by atoms with van der Waals surface area (Å²) < 4.78 is 30.1. The van der Waals surface area contributed by atoms with Crippen LogP contribution in [0.25, 0.3) is 6.08 Å². The molecule has 0 bridgehead atoms. The van der Waals surface area contributed by atoms with E-state index in [2.05, 4.69) is 32.0 Å². The maximum atomic E-state index is 10.7. The first kappa shape index (κ1) is 16.4. The summed E-state index contributed by atoms with van der Waals surface area (Å²) in [5.74, 6) is -0.133. The highest BCUT2D eigenvalue weighted by atomic mass is 32.2. The van der Waals surface area contributed by atoms with Crippen LogP contribution in [-0.4, -0.2) is 38.2 Å². The highest BCUT2D eigenvalue weighted by Gasteiger charge is 2.25. The van der Waals surface area contributed by atoms with Gasteiger partial charge < -0.3 is 0 Å². The Morgan fingerprint density at radius 1 is 1.26 bits per heavy atom. The van der Waals surface area contributed by atoms with Crippen LogP contribution < -0.4 is 0 Å². The summed E-state index contributed by atoms with van der Waals surface area (Å²) in [4.78, 5) is 0. The van der Waals surface area contributed by atoms with Gasteiger partial charge in [-0.25, -0.2) is 0 Å². The Labute approximate surface area is 116 Å². The summed E-state index contributed by atoms with van der Waals surface area (Å²) >= 11 is 0. The Morgan fingerprint density at radius 3 is 2.32 bits per heavy atom. The second-order valence-corrected chi connectivity index (χ2v) is 11.6. The predicted octanol–water partition coefficient (Wildman–Crippen LogP) is 3.38. The topological polar surface area (TPSA) is 54.4 Å². The van der Waals surface area contributed by atoms with Crippen molar-refractivity contribution in [1.82, 2.24) is 0 Å². The van der Waals surface area contributed by atoms with Gasteiger partial charge in [-0.1, -0.05) is 36.9 Å². The first-order chi connectivity index (χ1) is 8.72. The lowest BCUT2D eigenvalue weighted by molar-refractivity contribution is 0.482. The van der Waals surface area contributed by atoms with Crippen molar-refractivity contribution in [3.63, 3.8) is 0 Å². The molecule has 0 saturated carbocycles. The normalized spacial score (nSPS) is 12.4.